The average molecular weight is 697 g/mol. The average Bonchev–Trinajstić information content (AvgIpc) is 3.48. The lowest BCUT2D eigenvalue weighted by atomic mass is 9.48. The molecule has 4 saturated carbocycles. The van der Waals surface area contributed by atoms with Crippen molar-refractivity contribution in [2.24, 2.45) is 29.6 Å². The monoisotopic (exact) mass is 696 g/mol. The van der Waals surface area contributed by atoms with Gasteiger partial charge in [0.2, 0.25) is 0 Å². The molecule has 4 aliphatic carbocycles. The normalized spacial score (nSPS) is 28.6. The molecule has 6 fully saturated rings. The highest BCUT2D eigenvalue weighted by atomic mass is 19.4. The molecule has 4 bridgehead atoms. The van der Waals surface area contributed by atoms with Crippen LogP contribution in [0, 0.1) is 29.6 Å². The molecule has 0 unspecified atom stereocenters. The molecular weight excluding hydrogens is 653 g/mol. The van der Waals surface area contributed by atoms with Gasteiger partial charge in [-0.2, -0.15) is 13.2 Å². The molecule has 0 spiro atoms. The van der Waals surface area contributed by atoms with E-state index < -0.39 is 34.8 Å². The largest absolute Gasteiger partial charge is 0.494 e. The molecular formula is C37H43F3N4O6. The highest BCUT2D eigenvalue weighted by Crippen LogP contribution is 2.58. The summed E-state index contributed by atoms with van der Waals surface area (Å²) in [4.78, 5) is 34.9. The number of benzene rings is 1. The van der Waals surface area contributed by atoms with Crippen LogP contribution < -0.4 is 10.1 Å². The van der Waals surface area contributed by atoms with E-state index in [0.717, 1.165) is 63.5 Å². The summed E-state index contributed by atoms with van der Waals surface area (Å²) in [5.74, 6) is -1.06. The van der Waals surface area contributed by atoms with Crippen molar-refractivity contribution in [2.75, 3.05) is 33.0 Å². The number of halogens is 3. The van der Waals surface area contributed by atoms with Gasteiger partial charge in [-0.05, 0) is 106 Å². The van der Waals surface area contributed by atoms with Crippen LogP contribution in [0.1, 0.15) is 86.3 Å². The Morgan fingerprint density at radius 2 is 1.64 bits per heavy atom. The molecule has 9 rings (SSSR count). The second kappa shape index (κ2) is 13.1. The van der Waals surface area contributed by atoms with E-state index in [9.17, 15) is 27.9 Å². The number of rotatable bonds is 9. The number of hydrogen-bond acceptors (Lipinski definition) is 7. The molecule has 0 atom stereocenters. The maximum Gasteiger partial charge on any atom is 0.434 e. The molecule has 2 saturated heterocycles. The first-order valence-corrected chi connectivity index (χ1v) is 18.0. The molecule has 2 aliphatic heterocycles. The highest BCUT2D eigenvalue weighted by molar-refractivity contribution is 6.00. The minimum absolute atomic E-state index is 0.0535. The molecule has 13 heteroatoms. The van der Waals surface area contributed by atoms with Crippen molar-refractivity contribution in [3.05, 3.63) is 41.9 Å². The van der Waals surface area contributed by atoms with Crippen molar-refractivity contribution in [3.8, 4) is 17.1 Å². The second-order valence-corrected chi connectivity index (χ2v) is 15.1. The van der Waals surface area contributed by atoms with Gasteiger partial charge >= 0.3 is 12.1 Å². The number of carbonyl (C=O) groups excluding carboxylic acids is 1. The Balaban J connectivity index is 1.12. The number of carboxylic acids is 1. The second-order valence-electron chi connectivity index (χ2n) is 15.1. The minimum atomic E-state index is -4.99. The van der Waals surface area contributed by atoms with Crippen molar-refractivity contribution in [3.63, 3.8) is 0 Å². The lowest BCUT2D eigenvalue weighted by Crippen LogP contribution is -2.70. The summed E-state index contributed by atoms with van der Waals surface area (Å²) in [5.41, 5.74) is -2.57. The van der Waals surface area contributed by atoms with Crippen LogP contribution in [0.4, 0.5) is 13.2 Å². The predicted molar refractivity (Wildman–Crippen MR) is 176 cm³/mol. The van der Waals surface area contributed by atoms with E-state index in [-0.39, 0.29) is 23.7 Å². The standard InChI is InChI=1S/C37H43F3N4O6/c38-37(39,40)32-29(34(45)43-36(35(46)47)24-14-22-13-23(16-24)17-25(36)15-22)19-41-33(42-32)30-20-44(26-6-10-49-11-7-26)31-18-27(1-2-28(30)31)50-12-5-21-3-8-48-9-4-21/h1-2,18-26H,3-17H2,(H,43,45)(H,46,47). The van der Waals surface area contributed by atoms with Gasteiger partial charge in [-0.25, -0.2) is 14.8 Å². The highest BCUT2D eigenvalue weighted by Gasteiger charge is 2.62. The van der Waals surface area contributed by atoms with Crippen LogP contribution in [0.5, 0.6) is 5.75 Å². The van der Waals surface area contributed by atoms with E-state index in [4.69, 9.17) is 14.2 Å². The third-order valence-electron chi connectivity index (χ3n) is 12.2. The van der Waals surface area contributed by atoms with Crippen LogP contribution in [-0.4, -0.2) is 70.1 Å². The number of aliphatic carboxylic acids is 1. The summed E-state index contributed by atoms with van der Waals surface area (Å²) in [6.45, 7) is 3.23. The fourth-order valence-electron chi connectivity index (χ4n) is 9.83. The van der Waals surface area contributed by atoms with Crippen molar-refractivity contribution in [1.29, 1.82) is 0 Å². The van der Waals surface area contributed by atoms with Crippen molar-refractivity contribution >= 4 is 22.8 Å². The number of alkyl halides is 3. The summed E-state index contributed by atoms with van der Waals surface area (Å²) >= 11 is 0. The van der Waals surface area contributed by atoms with Gasteiger partial charge in [0.05, 0.1) is 17.7 Å². The maximum atomic E-state index is 14.7. The van der Waals surface area contributed by atoms with Gasteiger partial charge in [-0.1, -0.05) is 0 Å². The van der Waals surface area contributed by atoms with Crippen LogP contribution in [0.15, 0.2) is 30.6 Å². The maximum absolute atomic E-state index is 14.7. The first-order chi connectivity index (χ1) is 24.1. The van der Waals surface area contributed by atoms with E-state index in [1.165, 1.54) is 0 Å². The SMILES string of the molecule is O=C(NC1(C(=O)O)C2CC3CC(C2)CC1C3)c1cnc(-c2cn(C3CCOCC3)c3cc(OCCC4CCOCC4)ccc23)nc1C(F)(F)F. The summed E-state index contributed by atoms with van der Waals surface area (Å²) < 4.78 is 63.4. The number of carboxylic acid groups (broad SMARTS) is 1. The van der Waals surface area contributed by atoms with E-state index >= 15 is 0 Å². The smallest absolute Gasteiger partial charge is 0.434 e. The number of hydrogen-bond donors (Lipinski definition) is 2. The van der Waals surface area contributed by atoms with Gasteiger partial charge in [0.1, 0.15) is 11.3 Å². The molecule has 6 aliphatic rings. The predicted octanol–water partition coefficient (Wildman–Crippen LogP) is 6.67. The van der Waals surface area contributed by atoms with Gasteiger partial charge in [0.25, 0.3) is 5.91 Å². The lowest BCUT2D eigenvalue weighted by molar-refractivity contribution is -0.163. The molecule has 2 aromatic heterocycles. The van der Waals surface area contributed by atoms with E-state index in [0.29, 0.717) is 80.0 Å². The van der Waals surface area contributed by atoms with E-state index in [2.05, 4.69) is 19.9 Å². The van der Waals surface area contributed by atoms with Gasteiger partial charge in [-0.15, -0.1) is 0 Å². The fraction of sp³-hybridized carbons (Fsp3) is 0.622. The van der Waals surface area contributed by atoms with Crippen LogP contribution in [0.25, 0.3) is 22.3 Å². The van der Waals surface area contributed by atoms with Crippen molar-refractivity contribution < 1.29 is 42.1 Å². The number of fused-ring (bicyclic) bond motifs is 1. The molecule has 3 aromatic rings. The van der Waals surface area contributed by atoms with Crippen LogP contribution in [0.3, 0.4) is 0 Å². The molecule has 4 heterocycles. The molecule has 1 amide bonds. The van der Waals surface area contributed by atoms with Crippen molar-refractivity contribution in [2.45, 2.75) is 82.0 Å². The zero-order valence-corrected chi connectivity index (χ0v) is 27.9. The fourth-order valence-corrected chi connectivity index (χ4v) is 9.83. The molecule has 10 nitrogen and oxygen atoms in total. The van der Waals surface area contributed by atoms with Gasteiger partial charge in [0, 0.05) is 61.9 Å². The number of nitrogens with zero attached hydrogens (tertiary/aromatic N) is 3. The van der Waals surface area contributed by atoms with Gasteiger partial charge in [-0.3, -0.25) is 4.79 Å². The first kappa shape index (κ1) is 33.4. The van der Waals surface area contributed by atoms with E-state index in [1.807, 2.05) is 18.2 Å². The number of amides is 1. The third-order valence-corrected chi connectivity index (χ3v) is 12.2. The molecule has 1 aromatic carbocycles. The Labute approximate surface area is 288 Å². The zero-order chi connectivity index (χ0) is 34.6. The first-order valence-electron chi connectivity index (χ1n) is 18.0. The van der Waals surface area contributed by atoms with Crippen LogP contribution in [0.2, 0.25) is 0 Å². The lowest BCUT2D eigenvalue weighted by Gasteiger charge is -2.59. The molecule has 0 radical (unpaired) electrons. The number of nitrogens with one attached hydrogen (secondary N) is 1. The topological polar surface area (TPSA) is 125 Å². The summed E-state index contributed by atoms with van der Waals surface area (Å²) in [6.07, 6.45) is 5.79. The Kier molecular flexibility index (Phi) is 8.77. The van der Waals surface area contributed by atoms with Crippen molar-refractivity contribution in [1.82, 2.24) is 19.9 Å². The quantitative estimate of drug-likeness (QED) is 0.254. The van der Waals surface area contributed by atoms with Gasteiger partial charge in [0.15, 0.2) is 11.5 Å². The number of carbonyl (C=O) groups is 2. The Hall–Kier alpha value is -3.71. The minimum Gasteiger partial charge on any atom is -0.494 e. The summed E-state index contributed by atoms with van der Waals surface area (Å²) in [5, 5.41) is 13.8. The van der Waals surface area contributed by atoms with Crippen LogP contribution >= 0.6 is 0 Å². The molecule has 2 N–H and O–H groups in total. The Bertz CT molecular complexity index is 1740. The summed E-state index contributed by atoms with van der Waals surface area (Å²) in [6, 6.07) is 5.61. The third kappa shape index (κ3) is 6.03. The van der Waals surface area contributed by atoms with Gasteiger partial charge < -0.3 is 29.2 Å². The molecule has 268 valence electrons. The number of aromatic nitrogens is 3. The van der Waals surface area contributed by atoms with Crippen LogP contribution in [-0.2, 0) is 20.4 Å². The summed E-state index contributed by atoms with van der Waals surface area (Å²) in [7, 11) is 0. The van der Waals surface area contributed by atoms with E-state index in [1.54, 1.807) is 6.20 Å². The molecule has 50 heavy (non-hydrogen) atoms. The Morgan fingerprint density at radius 1 is 0.980 bits per heavy atom. The zero-order valence-electron chi connectivity index (χ0n) is 27.9. The Morgan fingerprint density at radius 3 is 2.28 bits per heavy atom. The number of ether oxygens (including phenoxy) is 3.